The lowest BCUT2D eigenvalue weighted by Crippen LogP contribution is -2.59. The number of fused-ring (bicyclic) bond motifs is 5. The third kappa shape index (κ3) is 1.98. The van der Waals surface area contributed by atoms with Crippen LogP contribution in [0.1, 0.15) is 52.4 Å². The number of carbonyl (C=O) groups is 1. The van der Waals surface area contributed by atoms with Gasteiger partial charge in [0.1, 0.15) is 5.78 Å². The van der Waals surface area contributed by atoms with E-state index in [2.05, 4.69) is 6.92 Å². The van der Waals surface area contributed by atoms with Crippen molar-refractivity contribution >= 4 is 5.78 Å². The van der Waals surface area contributed by atoms with Gasteiger partial charge in [0.05, 0.1) is 18.3 Å². The van der Waals surface area contributed by atoms with Gasteiger partial charge in [0.2, 0.25) is 0 Å². The van der Waals surface area contributed by atoms with Crippen LogP contribution in [0.3, 0.4) is 0 Å². The van der Waals surface area contributed by atoms with Crippen LogP contribution in [0.15, 0.2) is 11.6 Å². The van der Waals surface area contributed by atoms with Gasteiger partial charge in [-0.25, -0.2) is 0 Å². The summed E-state index contributed by atoms with van der Waals surface area (Å²) < 4.78 is 0. The molecule has 128 valence electrons. The summed E-state index contributed by atoms with van der Waals surface area (Å²) in [4.78, 5) is 12.4. The number of Topliss-reactive ketones (excluding diaryl/α,β-unsaturated/α-hetero) is 1. The zero-order valence-electron chi connectivity index (χ0n) is 14.0. The summed E-state index contributed by atoms with van der Waals surface area (Å²) in [6.45, 7) is 4.18. The summed E-state index contributed by atoms with van der Waals surface area (Å²) in [5, 5.41) is 31.8. The predicted octanol–water partition coefficient (Wildman–Crippen LogP) is 1.82. The van der Waals surface area contributed by atoms with E-state index in [1.54, 1.807) is 0 Å². The van der Waals surface area contributed by atoms with Gasteiger partial charge in [0.15, 0.2) is 0 Å². The number of ketones is 1. The van der Waals surface area contributed by atoms with Crippen molar-refractivity contribution in [3.63, 3.8) is 0 Å². The average molecular weight is 320 g/mol. The monoisotopic (exact) mass is 320 g/mol. The molecule has 4 nitrogen and oxygen atoms in total. The quantitative estimate of drug-likeness (QED) is 0.595. The number of hydrogen-bond acceptors (Lipinski definition) is 4. The number of rotatable bonds is 0. The maximum Gasteiger partial charge on any atom is 0.139 e. The molecule has 4 aliphatic rings. The Morgan fingerprint density at radius 2 is 1.87 bits per heavy atom. The molecule has 1 unspecified atom stereocenters. The van der Waals surface area contributed by atoms with E-state index in [0.29, 0.717) is 19.3 Å². The summed E-state index contributed by atoms with van der Waals surface area (Å²) in [6.07, 6.45) is 4.57. The lowest BCUT2D eigenvalue weighted by Gasteiger charge is -2.59. The standard InChI is InChI=1S/C19H28O4/c1-18-6-5-11(20)7-10(18)8-13(21)16-12-3-4-15(23)19(12,2)9-14(22)17(16)18/h8,11-14,16-17,20-22H,3-7,9H2,1-2H3/t11-,12-,13?,14+,16+,17-,18-,19-/m0/s1. The van der Waals surface area contributed by atoms with E-state index < -0.39 is 17.6 Å². The number of aliphatic hydroxyl groups is 3. The number of aliphatic hydroxyl groups excluding tert-OH is 3. The molecule has 0 heterocycles. The van der Waals surface area contributed by atoms with Crippen LogP contribution in [0.25, 0.3) is 0 Å². The van der Waals surface area contributed by atoms with Gasteiger partial charge in [-0.05, 0) is 55.3 Å². The molecule has 0 aromatic carbocycles. The molecule has 0 spiro atoms. The smallest absolute Gasteiger partial charge is 0.139 e. The molecule has 3 fully saturated rings. The first kappa shape index (κ1) is 15.8. The molecular weight excluding hydrogens is 292 g/mol. The van der Waals surface area contributed by atoms with Crippen LogP contribution in [0.5, 0.6) is 0 Å². The van der Waals surface area contributed by atoms with Crippen LogP contribution in [-0.2, 0) is 4.79 Å². The van der Waals surface area contributed by atoms with Crippen LogP contribution in [0, 0.1) is 28.6 Å². The van der Waals surface area contributed by atoms with Crippen molar-refractivity contribution in [3.05, 3.63) is 11.6 Å². The SMILES string of the molecule is C[C@]12CC[C@H](O)CC1=CC(O)[C@@H]1[C@@H]2[C@H](O)C[C@]2(C)C(=O)CC[C@@H]12. The van der Waals surface area contributed by atoms with Gasteiger partial charge in [-0.1, -0.05) is 25.5 Å². The Morgan fingerprint density at radius 3 is 2.61 bits per heavy atom. The number of carbonyl (C=O) groups excluding carboxylic acids is 1. The molecule has 0 radical (unpaired) electrons. The summed E-state index contributed by atoms with van der Waals surface area (Å²) in [5.41, 5.74) is 0.476. The largest absolute Gasteiger partial charge is 0.393 e. The third-order valence-corrected chi connectivity index (χ3v) is 7.75. The maximum atomic E-state index is 12.4. The molecule has 4 rings (SSSR count). The van der Waals surface area contributed by atoms with E-state index in [4.69, 9.17) is 0 Å². The van der Waals surface area contributed by atoms with Crippen molar-refractivity contribution in [1.82, 2.24) is 0 Å². The second-order valence-electron chi connectivity index (χ2n) is 8.86. The first-order valence-electron chi connectivity index (χ1n) is 9.06. The first-order chi connectivity index (χ1) is 10.8. The molecule has 3 saturated carbocycles. The fourth-order valence-corrected chi connectivity index (χ4v) is 6.52. The van der Waals surface area contributed by atoms with Crippen molar-refractivity contribution in [2.45, 2.75) is 70.7 Å². The van der Waals surface area contributed by atoms with Gasteiger partial charge in [0.25, 0.3) is 0 Å². The minimum Gasteiger partial charge on any atom is -0.393 e. The van der Waals surface area contributed by atoms with Crippen LogP contribution in [0.4, 0.5) is 0 Å². The zero-order chi connectivity index (χ0) is 16.6. The van der Waals surface area contributed by atoms with Crippen LogP contribution < -0.4 is 0 Å². The van der Waals surface area contributed by atoms with Gasteiger partial charge < -0.3 is 15.3 Å². The highest BCUT2D eigenvalue weighted by Gasteiger charge is 2.63. The summed E-state index contributed by atoms with van der Waals surface area (Å²) >= 11 is 0. The Balaban J connectivity index is 1.79. The summed E-state index contributed by atoms with van der Waals surface area (Å²) in [6, 6.07) is 0. The Hall–Kier alpha value is -0.710. The van der Waals surface area contributed by atoms with Gasteiger partial charge in [-0.15, -0.1) is 0 Å². The molecule has 0 aliphatic heterocycles. The van der Waals surface area contributed by atoms with E-state index >= 15 is 0 Å². The highest BCUT2D eigenvalue weighted by molar-refractivity contribution is 5.87. The van der Waals surface area contributed by atoms with Crippen molar-refractivity contribution in [3.8, 4) is 0 Å². The van der Waals surface area contributed by atoms with Crippen LogP contribution >= 0.6 is 0 Å². The second-order valence-corrected chi connectivity index (χ2v) is 8.86. The predicted molar refractivity (Wildman–Crippen MR) is 85.5 cm³/mol. The molecule has 0 saturated heterocycles. The molecular formula is C19H28O4. The third-order valence-electron chi connectivity index (χ3n) is 7.75. The topological polar surface area (TPSA) is 77.8 Å². The van der Waals surface area contributed by atoms with Crippen molar-refractivity contribution < 1.29 is 20.1 Å². The summed E-state index contributed by atoms with van der Waals surface area (Å²) in [5.74, 6) is 0.374. The Bertz CT molecular complexity index is 570. The second kappa shape index (κ2) is 4.90. The Kier molecular flexibility index (Phi) is 3.37. The van der Waals surface area contributed by atoms with E-state index in [1.165, 1.54) is 0 Å². The Morgan fingerprint density at radius 1 is 1.13 bits per heavy atom. The van der Waals surface area contributed by atoms with E-state index in [1.807, 2.05) is 13.0 Å². The molecule has 3 N–H and O–H groups in total. The average Bonchev–Trinajstić information content (AvgIpc) is 2.76. The molecule has 0 bridgehead atoms. The summed E-state index contributed by atoms with van der Waals surface area (Å²) in [7, 11) is 0. The Labute approximate surface area is 137 Å². The molecule has 8 atom stereocenters. The van der Waals surface area contributed by atoms with Gasteiger partial charge in [-0.3, -0.25) is 4.79 Å². The van der Waals surface area contributed by atoms with Gasteiger partial charge in [-0.2, -0.15) is 0 Å². The van der Waals surface area contributed by atoms with Gasteiger partial charge in [0, 0.05) is 11.8 Å². The molecule has 0 amide bonds. The fourth-order valence-electron chi connectivity index (χ4n) is 6.52. The zero-order valence-corrected chi connectivity index (χ0v) is 14.0. The van der Waals surface area contributed by atoms with Gasteiger partial charge >= 0.3 is 0 Å². The molecule has 4 aliphatic carbocycles. The lowest BCUT2D eigenvalue weighted by atomic mass is 9.46. The lowest BCUT2D eigenvalue weighted by molar-refractivity contribution is -0.157. The highest BCUT2D eigenvalue weighted by Crippen LogP contribution is 2.63. The minimum absolute atomic E-state index is 0.00558. The van der Waals surface area contributed by atoms with Crippen molar-refractivity contribution in [1.29, 1.82) is 0 Å². The number of hydrogen-bond donors (Lipinski definition) is 3. The van der Waals surface area contributed by atoms with Crippen molar-refractivity contribution in [2.75, 3.05) is 0 Å². The maximum absolute atomic E-state index is 12.4. The van der Waals surface area contributed by atoms with E-state index in [9.17, 15) is 20.1 Å². The molecule has 4 heteroatoms. The fraction of sp³-hybridized carbons (Fsp3) is 0.842. The normalized spacial score (nSPS) is 55.7. The van der Waals surface area contributed by atoms with E-state index in [0.717, 1.165) is 24.8 Å². The molecule has 0 aromatic rings. The first-order valence-corrected chi connectivity index (χ1v) is 9.06. The highest BCUT2D eigenvalue weighted by atomic mass is 16.3. The molecule has 0 aromatic heterocycles. The van der Waals surface area contributed by atoms with Crippen LogP contribution in [0.2, 0.25) is 0 Å². The molecule has 23 heavy (non-hydrogen) atoms. The van der Waals surface area contributed by atoms with E-state index in [-0.39, 0.29) is 35.1 Å². The van der Waals surface area contributed by atoms with Crippen molar-refractivity contribution in [2.24, 2.45) is 28.6 Å². The van der Waals surface area contributed by atoms with Crippen LogP contribution in [-0.4, -0.2) is 39.4 Å². The minimum atomic E-state index is -0.612.